The number of hydrogen-bond acceptors (Lipinski definition) is 3. The molecule has 0 aliphatic carbocycles. The number of nitrogens with zero attached hydrogens (tertiary/aromatic N) is 2. The molecule has 1 aromatic heterocycles. The lowest BCUT2D eigenvalue weighted by atomic mass is 9.71. The Morgan fingerprint density at radius 2 is 1.75 bits per heavy atom. The van der Waals surface area contributed by atoms with E-state index in [2.05, 4.69) is 11.6 Å². The smallest absolute Gasteiger partial charge is 0.416 e. The van der Waals surface area contributed by atoms with Gasteiger partial charge in [0, 0.05) is 35.9 Å². The van der Waals surface area contributed by atoms with Gasteiger partial charge in [0.2, 0.25) is 0 Å². The average molecular weight is 631 g/mol. The number of piperidine rings is 3. The Bertz CT molecular complexity index is 1360. The summed E-state index contributed by atoms with van der Waals surface area (Å²) in [6.07, 6.45) is -6.16. The number of hydrogen-bond donors (Lipinski definition) is 1. The Morgan fingerprint density at radius 1 is 1.07 bits per heavy atom. The van der Waals surface area contributed by atoms with E-state index in [4.69, 9.17) is 4.74 Å². The van der Waals surface area contributed by atoms with Gasteiger partial charge in [0.05, 0.1) is 36.8 Å². The van der Waals surface area contributed by atoms with Crippen molar-refractivity contribution in [1.29, 1.82) is 0 Å². The first-order chi connectivity index (χ1) is 18.3. The Kier molecular flexibility index (Phi) is 8.33. The summed E-state index contributed by atoms with van der Waals surface area (Å²) in [6.45, 7) is 4.86. The summed E-state index contributed by atoms with van der Waals surface area (Å²) in [7, 11) is 1.53. The van der Waals surface area contributed by atoms with Gasteiger partial charge in [-0.15, -0.1) is 6.58 Å². The van der Waals surface area contributed by atoms with E-state index in [0.717, 1.165) is 18.6 Å². The minimum Gasteiger partial charge on any atom is -1.00 e. The first-order valence-electron chi connectivity index (χ1n) is 12.7. The number of aliphatic hydroxyl groups is 1. The number of ether oxygens (including phenoxy) is 1. The van der Waals surface area contributed by atoms with Gasteiger partial charge >= 0.3 is 12.4 Å². The van der Waals surface area contributed by atoms with Crippen molar-refractivity contribution in [3.63, 3.8) is 0 Å². The largest absolute Gasteiger partial charge is 1.00 e. The highest BCUT2D eigenvalue weighted by Crippen LogP contribution is 2.48. The zero-order chi connectivity index (χ0) is 28.2. The van der Waals surface area contributed by atoms with Crippen LogP contribution in [0.5, 0.6) is 5.75 Å². The third-order valence-electron chi connectivity index (χ3n) is 8.49. The van der Waals surface area contributed by atoms with Crippen molar-refractivity contribution in [2.75, 3.05) is 20.2 Å². The molecular weight excluding hydrogens is 602 g/mol. The van der Waals surface area contributed by atoms with E-state index in [0.29, 0.717) is 41.7 Å². The minimum atomic E-state index is -4.93. The van der Waals surface area contributed by atoms with Gasteiger partial charge in [0.15, 0.2) is 0 Å². The summed E-state index contributed by atoms with van der Waals surface area (Å²) in [5, 5.41) is 12.5. The molecule has 1 N–H and O–H groups in total. The molecule has 0 amide bonds. The van der Waals surface area contributed by atoms with Crippen LogP contribution in [0, 0.1) is 11.8 Å². The van der Waals surface area contributed by atoms with Gasteiger partial charge in [-0.1, -0.05) is 6.08 Å². The zero-order valence-electron chi connectivity index (χ0n) is 21.6. The van der Waals surface area contributed by atoms with Gasteiger partial charge in [0.1, 0.15) is 24.4 Å². The average Bonchev–Trinajstić information content (AvgIpc) is 2.90. The number of alkyl halides is 6. The molecule has 0 saturated carbocycles. The molecular formula is C29H29BrF6N2O2. The van der Waals surface area contributed by atoms with E-state index in [1.54, 1.807) is 30.5 Å². The predicted octanol–water partition coefficient (Wildman–Crippen LogP) is 3.93. The lowest BCUT2D eigenvalue weighted by Crippen LogP contribution is -3.00. The fraction of sp³-hybridized carbons (Fsp3) is 0.414. The number of aliphatic hydroxyl groups excluding tert-OH is 1. The molecule has 0 unspecified atom stereocenters. The molecule has 40 heavy (non-hydrogen) atoms. The maximum atomic E-state index is 13.6. The standard InChI is InChI=1S/C29H29F6N2O2.BrH/c1-3-18-16-37(15-17-10-20(28(30,31)32)13-21(11-17)29(33,34)35)9-7-19(18)12-26(37)27(38)23-6-8-36-25-5-4-22(39-2)14-24(23)25;/h3-6,8,10-11,13-14,18-19,26-27,38H,1,7,9,12,15-16H2,2H3;1H/q+1;/p-1/t18-,19+,26+,27+,37-;/m0./s1. The third kappa shape index (κ3) is 5.60. The molecule has 3 aliphatic rings. The molecule has 6 rings (SSSR count). The van der Waals surface area contributed by atoms with Gasteiger partial charge in [-0.25, -0.2) is 0 Å². The molecule has 3 saturated heterocycles. The fourth-order valence-corrected chi connectivity index (χ4v) is 6.59. The first kappa shape index (κ1) is 30.3. The highest BCUT2D eigenvalue weighted by Gasteiger charge is 2.54. The molecule has 4 heterocycles. The predicted molar refractivity (Wildman–Crippen MR) is 134 cm³/mol. The lowest BCUT2D eigenvalue weighted by molar-refractivity contribution is -0.984. The molecule has 3 aromatic rings. The summed E-state index contributed by atoms with van der Waals surface area (Å²) < 4.78 is 87.2. The van der Waals surface area contributed by atoms with Crippen LogP contribution in [0.2, 0.25) is 0 Å². The van der Waals surface area contributed by atoms with E-state index < -0.39 is 35.6 Å². The summed E-state index contributed by atoms with van der Waals surface area (Å²) >= 11 is 0. The van der Waals surface area contributed by atoms with Crippen molar-refractivity contribution in [2.24, 2.45) is 11.8 Å². The quantitative estimate of drug-likeness (QED) is 0.255. The normalized spacial score (nSPS) is 25.4. The Balaban J connectivity index is 0.00000370. The molecule has 2 aromatic carbocycles. The molecule has 0 radical (unpaired) electrons. The molecule has 0 spiro atoms. The first-order valence-corrected chi connectivity index (χ1v) is 12.7. The second-order valence-corrected chi connectivity index (χ2v) is 10.7. The summed E-state index contributed by atoms with van der Waals surface area (Å²) in [5.41, 5.74) is -1.47. The van der Waals surface area contributed by atoms with E-state index in [1.807, 2.05) is 6.08 Å². The number of halogens is 7. The molecule has 2 bridgehead atoms. The van der Waals surface area contributed by atoms with Gasteiger partial charge in [-0.3, -0.25) is 4.98 Å². The number of fused-ring (bicyclic) bond motifs is 4. The van der Waals surface area contributed by atoms with E-state index >= 15 is 0 Å². The van der Waals surface area contributed by atoms with Crippen molar-refractivity contribution in [1.82, 2.24) is 4.98 Å². The number of rotatable bonds is 6. The molecule has 11 heteroatoms. The van der Waals surface area contributed by atoms with Gasteiger partial charge in [-0.2, -0.15) is 26.3 Å². The fourth-order valence-electron chi connectivity index (χ4n) is 6.59. The van der Waals surface area contributed by atoms with Gasteiger partial charge in [-0.05, 0) is 53.9 Å². The van der Waals surface area contributed by atoms with Crippen molar-refractivity contribution in [3.8, 4) is 5.75 Å². The van der Waals surface area contributed by atoms with Crippen LogP contribution in [0.4, 0.5) is 26.3 Å². The van der Waals surface area contributed by atoms with Crippen LogP contribution in [0.15, 0.2) is 61.3 Å². The van der Waals surface area contributed by atoms with Crippen molar-refractivity contribution in [2.45, 2.75) is 43.9 Å². The van der Waals surface area contributed by atoms with Crippen LogP contribution in [-0.4, -0.2) is 40.8 Å². The van der Waals surface area contributed by atoms with Crippen molar-refractivity contribution in [3.05, 3.63) is 83.6 Å². The Hall–Kier alpha value is -2.63. The molecule has 3 aliphatic heterocycles. The zero-order valence-corrected chi connectivity index (χ0v) is 23.2. The highest BCUT2D eigenvalue weighted by atomic mass is 79.9. The highest BCUT2D eigenvalue weighted by molar-refractivity contribution is 5.83. The Morgan fingerprint density at radius 3 is 2.35 bits per heavy atom. The van der Waals surface area contributed by atoms with Crippen LogP contribution >= 0.6 is 0 Å². The van der Waals surface area contributed by atoms with Crippen molar-refractivity contribution < 1.29 is 57.7 Å². The van der Waals surface area contributed by atoms with Crippen LogP contribution < -0.4 is 21.7 Å². The summed E-state index contributed by atoms with van der Waals surface area (Å²) in [6, 6.07) is 8.34. The lowest BCUT2D eigenvalue weighted by Gasteiger charge is -2.58. The topological polar surface area (TPSA) is 42.4 Å². The maximum absolute atomic E-state index is 13.6. The summed E-state index contributed by atoms with van der Waals surface area (Å²) in [4.78, 5) is 4.37. The van der Waals surface area contributed by atoms with Crippen LogP contribution in [0.3, 0.4) is 0 Å². The van der Waals surface area contributed by atoms with Gasteiger partial charge in [0.25, 0.3) is 0 Å². The number of pyridine rings is 1. The summed E-state index contributed by atoms with van der Waals surface area (Å²) in [5.74, 6) is 0.843. The number of benzene rings is 2. The number of quaternary nitrogens is 1. The monoisotopic (exact) mass is 630 g/mol. The second-order valence-electron chi connectivity index (χ2n) is 10.7. The van der Waals surface area contributed by atoms with E-state index in [1.165, 1.54) is 7.11 Å². The third-order valence-corrected chi connectivity index (χ3v) is 8.49. The molecule has 5 atom stereocenters. The molecule has 3 fully saturated rings. The van der Waals surface area contributed by atoms with Crippen molar-refractivity contribution >= 4 is 10.9 Å². The number of methoxy groups -OCH3 is 1. The second kappa shape index (κ2) is 11.0. The van der Waals surface area contributed by atoms with Crippen LogP contribution in [0.25, 0.3) is 10.9 Å². The van der Waals surface area contributed by atoms with Gasteiger partial charge < -0.3 is 31.3 Å². The Labute approximate surface area is 238 Å². The SMILES string of the molecule is C=C[C@H]1C[N@@+]2(Cc3cc(C(F)(F)F)cc(C(F)(F)F)c3)CC[C@@H]1C[C@@H]2[C@H](O)c1ccnc2ccc(OC)cc12.[Br-]. The molecule has 216 valence electrons. The van der Waals surface area contributed by atoms with Crippen LogP contribution in [-0.2, 0) is 18.9 Å². The van der Waals surface area contributed by atoms with E-state index in [-0.39, 0.29) is 51.5 Å². The van der Waals surface area contributed by atoms with Crippen LogP contribution in [0.1, 0.15) is 41.2 Å². The van der Waals surface area contributed by atoms with E-state index in [9.17, 15) is 31.4 Å². The number of aromatic nitrogens is 1. The maximum Gasteiger partial charge on any atom is 0.416 e. The minimum absolute atomic E-state index is 0. The molecule has 4 nitrogen and oxygen atoms in total.